The Bertz CT molecular complexity index is 372. The van der Waals surface area contributed by atoms with Crippen LogP contribution in [0.1, 0.15) is 52.2 Å². The maximum atomic E-state index is 5.53. The Morgan fingerprint density at radius 1 is 1.40 bits per heavy atom. The van der Waals surface area contributed by atoms with Gasteiger partial charge in [0.25, 0.3) is 0 Å². The van der Waals surface area contributed by atoms with Gasteiger partial charge in [0, 0.05) is 19.1 Å². The highest BCUT2D eigenvalue weighted by molar-refractivity contribution is 5.00. The molecule has 114 valence electrons. The highest BCUT2D eigenvalue weighted by Gasteiger charge is 2.34. The zero-order valence-corrected chi connectivity index (χ0v) is 13.3. The summed E-state index contributed by atoms with van der Waals surface area (Å²) in [6, 6.07) is 4.85. The van der Waals surface area contributed by atoms with Crippen LogP contribution < -0.4 is 5.32 Å². The number of hydrogen-bond acceptors (Lipinski definition) is 3. The van der Waals surface area contributed by atoms with Gasteiger partial charge in [-0.1, -0.05) is 20.8 Å². The second kappa shape index (κ2) is 7.28. The molecule has 1 fully saturated rings. The Hall–Kier alpha value is -0.800. The van der Waals surface area contributed by atoms with Crippen molar-refractivity contribution in [3.63, 3.8) is 0 Å². The van der Waals surface area contributed by atoms with E-state index in [-0.39, 0.29) is 0 Å². The largest absolute Gasteiger partial charge is 0.468 e. The molecule has 0 spiro atoms. The highest BCUT2D eigenvalue weighted by atomic mass is 16.3. The monoisotopic (exact) mass is 278 g/mol. The van der Waals surface area contributed by atoms with Crippen LogP contribution in [0.2, 0.25) is 0 Å². The van der Waals surface area contributed by atoms with Crippen LogP contribution in [0, 0.1) is 5.41 Å². The van der Waals surface area contributed by atoms with Crippen LogP contribution in [0.5, 0.6) is 0 Å². The fourth-order valence-corrected chi connectivity index (χ4v) is 2.71. The molecule has 0 aromatic carbocycles. The molecule has 0 bridgehead atoms. The molecule has 1 aliphatic rings. The van der Waals surface area contributed by atoms with E-state index in [1.54, 1.807) is 6.26 Å². The standard InChI is InChI=1S/C17H30N2O/c1-4-10-18-13-17(3,5-2)14-19(15-8-9-15)12-16-7-6-11-20-16/h6-7,11,15,18H,4-5,8-10,12-14H2,1-3H3. The van der Waals surface area contributed by atoms with Crippen molar-refractivity contribution in [1.82, 2.24) is 10.2 Å². The molecule has 3 heteroatoms. The predicted molar refractivity (Wildman–Crippen MR) is 83.7 cm³/mol. The lowest BCUT2D eigenvalue weighted by molar-refractivity contribution is 0.134. The van der Waals surface area contributed by atoms with Crippen molar-refractivity contribution in [1.29, 1.82) is 0 Å². The molecule has 1 atom stereocenters. The summed E-state index contributed by atoms with van der Waals surface area (Å²) in [5.41, 5.74) is 0.352. The summed E-state index contributed by atoms with van der Waals surface area (Å²) in [6.07, 6.45) is 6.90. The summed E-state index contributed by atoms with van der Waals surface area (Å²) in [6.45, 7) is 11.3. The lowest BCUT2D eigenvalue weighted by atomic mass is 9.86. The van der Waals surface area contributed by atoms with E-state index >= 15 is 0 Å². The van der Waals surface area contributed by atoms with Gasteiger partial charge in [-0.15, -0.1) is 0 Å². The normalized spacial score (nSPS) is 18.4. The zero-order chi connectivity index (χ0) is 14.4. The lowest BCUT2D eigenvalue weighted by Gasteiger charge is -2.35. The summed E-state index contributed by atoms with van der Waals surface area (Å²) in [5.74, 6) is 1.09. The van der Waals surface area contributed by atoms with E-state index in [0.29, 0.717) is 5.41 Å². The van der Waals surface area contributed by atoms with E-state index in [4.69, 9.17) is 4.42 Å². The third kappa shape index (κ3) is 4.64. The molecule has 1 heterocycles. The molecule has 3 nitrogen and oxygen atoms in total. The van der Waals surface area contributed by atoms with Crippen LogP contribution in [0.15, 0.2) is 22.8 Å². The van der Waals surface area contributed by atoms with Gasteiger partial charge in [0.2, 0.25) is 0 Å². The molecule has 1 N–H and O–H groups in total. The third-order valence-electron chi connectivity index (χ3n) is 4.42. The smallest absolute Gasteiger partial charge is 0.117 e. The fourth-order valence-electron chi connectivity index (χ4n) is 2.71. The van der Waals surface area contributed by atoms with Crippen LogP contribution in [-0.4, -0.2) is 30.6 Å². The molecule has 1 saturated carbocycles. The molecular formula is C17H30N2O. The van der Waals surface area contributed by atoms with Gasteiger partial charge in [-0.3, -0.25) is 4.90 Å². The molecule has 1 unspecified atom stereocenters. The van der Waals surface area contributed by atoms with E-state index in [0.717, 1.165) is 38.0 Å². The molecule has 0 aliphatic heterocycles. The number of hydrogen-bond donors (Lipinski definition) is 1. The number of nitrogens with zero attached hydrogens (tertiary/aromatic N) is 1. The molecule has 1 aliphatic carbocycles. The summed E-state index contributed by atoms with van der Waals surface area (Å²) in [4.78, 5) is 2.62. The van der Waals surface area contributed by atoms with Gasteiger partial charge in [0.15, 0.2) is 0 Å². The Morgan fingerprint density at radius 2 is 2.20 bits per heavy atom. The Morgan fingerprint density at radius 3 is 2.75 bits per heavy atom. The van der Waals surface area contributed by atoms with Gasteiger partial charge in [-0.25, -0.2) is 0 Å². The predicted octanol–water partition coefficient (Wildman–Crippen LogP) is 3.66. The molecular weight excluding hydrogens is 248 g/mol. The number of furan rings is 1. The Kier molecular flexibility index (Phi) is 5.67. The first-order chi connectivity index (χ1) is 9.67. The third-order valence-corrected chi connectivity index (χ3v) is 4.42. The molecule has 0 amide bonds. The van der Waals surface area contributed by atoms with E-state index in [1.165, 1.54) is 25.7 Å². The first-order valence-corrected chi connectivity index (χ1v) is 8.14. The summed E-state index contributed by atoms with van der Waals surface area (Å²) in [5, 5.41) is 3.60. The van der Waals surface area contributed by atoms with Gasteiger partial charge in [0.1, 0.15) is 5.76 Å². The fraction of sp³-hybridized carbons (Fsp3) is 0.765. The molecule has 1 aromatic rings. The first-order valence-electron chi connectivity index (χ1n) is 8.14. The van der Waals surface area contributed by atoms with Crippen molar-refractivity contribution in [2.75, 3.05) is 19.6 Å². The van der Waals surface area contributed by atoms with Gasteiger partial charge in [0.05, 0.1) is 12.8 Å². The van der Waals surface area contributed by atoms with Crippen molar-refractivity contribution in [2.45, 2.75) is 59.0 Å². The van der Waals surface area contributed by atoms with Crippen molar-refractivity contribution in [3.05, 3.63) is 24.2 Å². The first kappa shape index (κ1) is 15.6. The summed E-state index contributed by atoms with van der Waals surface area (Å²) < 4.78 is 5.53. The molecule has 0 radical (unpaired) electrons. The summed E-state index contributed by atoms with van der Waals surface area (Å²) >= 11 is 0. The molecule has 0 saturated heterocycles. The summed E-state index contributed by atoms with van der Waals surface area (Å²) in [7, 11) is 0. The zero-order valence-electron chi connectivity index (χ0n) is 13.3. The van der Waals surface area contributed by atoms with Crippen molar-refractivity contribution in [3.8, 4) is 0 Å². The average Bonchev–Trinajstić information content (AvgIpc) is 3.17. The number of nitrogens with one attached hydrogen (secondary N) is 1. The van der Waals surface area contributed by atoms with E-state index in [1.807, 2.05) is 6.07 Å². The van der Waals surface area contributed by atoms with Crippen LogP contribution in [0.25, 0.3) is 0 Å². The van der Waals surface area contributed by atoms with E-state index in [2.05, 4.69) is 37.1 Å². The minimum atomic E-state index is 0.352. The second-order valence-electron chi connectivity index (χ2n) is 6.56. The maximum Gasteiger partial charge on any atom is 0.117 e. The van der Waals surface area contributed by atoms with Gasteiger partial charge in [-0.2, -0.15) is 0 Å². The van der Waals surface area contributed by atoms with Gasteiger partial charge < -0.3 is 9.73 Å². The van der Waals surface area contributed by atoms with Crippen molar-refractivity contribution < 1.29 is 4.42 Å². The van der Waals surface area contributed by atoms with Gasteiger partial charge in [-0.05, 0) is 49.8 Å². The van der Waals surface area contributed by atoms with Crippen molar-refractivity contribution in [2.24, 2.45) is 5.41 Å². The van der Waals surface area contributed by atoms with Crippen LogP contribution >= 0.6 is 0 Å². The number of rotatable bonds is 10. The van der Waals surface area contributed by atoms with Crippen LogP contribution in [-0.2, 0) is 6.54 Å². The maximum absolute atomic E-state index is 5.53. The van der Waals surface area contributed by atoms with Crippen molar-refractivity contribution >= 4 is 0 Å². The SMILES string of the molecule is CCCNCC(C)(CC)CN(Cc1ccco1)C1CC1. The Balaban J connectivity index is 1.91. The molecule has 2 rings (SSSR count). The minimum Gasteiger partial charge on any atom is -0.468 e. The second-order valence-corrected chi connectivity index (χ2v) is 6.56. The quantitative estimate of drug-likeness (QED) is 0.662. The molecule has 1 aromatic heterocycles. The van der Waals surface area contributed by atoms with Crippen LogP contribution in [0.3, 0.4) is 0 Å². The van der Waals surface area contributed by atoms with Crippen LogP contribution in [0.4, 0.5) is 0 Å². The van der Waals surface area contributed by atoms with E-state index in [9.17, 15) is 0 Å². The highest BCUT2D eigenvalue weighted by Crippen LogP contribution is 2.32. The van der Waals surface area contributed by atoms with E-state index < -0.39 is 0 Å². The Labute approximate surface area is 123 Å². The minimum absolute atomic E-state index is 0.352. The van der Waals surface area contributed by atoms with Gasteiger partial charge >= 0.3 is 0 Å². The molecule has 20 heavy (non-hydrogen) atoms. The topological polar surface area (TPSA) is 28.4 Å². The lowest BCUT2D eigenvalue weighted by Crippen LogP contribution is -2.42. The average molecular weight is 278 g/mol.